The van der Waals surface area contributed by atoms with Crippen LogP contribution in [0.15, 0.2) is 29.8 Å². The topological polar surface area (TPSA) is 87.7 Å². The Hall–Kier alpha value is -3.08. The number of pyridine rings is 1. The van der Waals surface area contributed by atoms with Crippen LogP contribution >= 0.6 is 11.6 Å². The number of anilines is 1. The Morgan fingerprint density at radius 2 is 1.88 bits per heavy atom. The molecule has 3 N–H and O–H groups in total. The second-order valence-corrected chi connectivity index (χ2v) is 6.00. The van der Waals surface area contributed by atoms with E-state index in [2.05, 4.69) is 17.1 Å². The number of fused-ring (bicyclic) bond motifs is 1. The van der Waals surface area contributed by atoms with Gasteiger partial charge in [0.1, 0.15) is 23.3 Å². The van der Waals surface area contributed by atoms with Crippen molar-refractivity contribution in [1.82, 2.24) is 0 Å². The van der Waals surface area contributed by atoms with Crippen molar-refractivity contribution >= 4 is 34.6 Å². The largest absolute Gasteiger partial charge is 0.289 e. The van der Waals surface area contributed by atoms with Crippen molar-refractivity contribution in [2.24, 2.45) is 0 Å². The number of nitrogens with one attached hydrogen (secondary N) is 1. The second-order valence-electron chi connectivity index (χ2n) is 5.59. The van der Waals surface area contributed by atoms with E-state index in [-0.39, 0.29) is 5.82 Å². The lowest BCUT2D eigenvalue weighted by molar-refractivity contribution is -0.364. The van der Waals surface area contributed by atoms with Crippen molar-refractivity contribution in [3.05, 3.63) is 62.8 Å². The average molecular weight is 334 g/mol. The second kappa shape index (κ2) is 5.85. The fraction of sp³-hybridized carbons (Fsp3) is 0.105. The SMILES string of the molecule is CC1=C(C#N)c2[nH+]c(N)c(C#N)c(C)c2/C1=C/c1ccccc1Cl. The van der Waals surface area contributed by atoms with Crippen LogP contribution in [-0.4, -0.2) is 0 Å². The zero-order valence-corrected chi connectivity index (χ0v) is 14.0. The molecule has 1 heterocycles. The van der Waals surface area contributed by atoms with Crippen LogP contribution in [0.3, 0.4) is 0 Å². The first kappa shape index (κ1) is 15.8. The number of aromatic nitrogens is 1. The van der Waals surface area contributed by atoms with Gasteiger partial charge in [0.05, 0.1) is 0 Å². The highest BCUT2D eigenvalue weighted by Gasteiger charge is 2.32. The van der Waals surface area contributed by atoms with Crippen LogP contribution in [0.5, 0.6) is 0 Å². The van der Waals surface area contributed by atoms with Crippen molar-refractivity contribution in [3.63, 3.8) is 0 Å². The number of aromatic amines is 1. The van der Waals surface area contributed by atoms with Crippen LogP contribution in [0.1, 0.15) is 34.9 Å². The molecule has 2 aromatic rings. The van der Waals surface area contributed by atoms with Crippen molar-refractivity contribution in [3.8, 4) is 12.1 Å². The molecule has 3 rings (SSSR count). The molecule has 1 aliphatic rings. The van der Waals surface area contributed by atoms with E-state index in [0.717, 1.165) is 27.8 Å². The molecule has 116 valence electrons. The molecule has 0 saturated heterocycles. The van der Waals surface area contributed by atoms with Gasteiger partial charge in [-0.1, -0.05) is 29.8 Å². The summed E-state index contributed by atoms with van der Waals surface area (Å²) in [6, 6.07) is 11.8. The van der Waals surface area contributed by atoms with Crippen LogP contribution in [-0.2, 0) is 0 Å². The standard InChI is InChI=1S/C19H13ClN4/c1-10-13(7-12-5-3-4-6-16(12)20)17-11(2)15(9-22)19(23)24-18(17)14(10)8-21/h3-7H,1-2H3,(H2,23,24)/p+1/b13-7+. The maximum Gasteiger partial charge on any atom is 0.289 e. The third-order valence-corrected chi connectivity index (χ3v) is 4.60. The van der Waals surface area contributed by atoms with Gasteiger partial charge in [0.25, 0.3) is 5.82 Å². The zero-order valence-electron chi connectivity index (χ0n) is 13.2. The molecule has 1 aromatic heterocycles. The van der Waals surface area contributed by atoms with E-state index in [4.69, 9.17) is 17.3 Å². The summed E-state index contributed by atoms with van der Waals surface area (Å²) in [4.78, 5) is 3.01. The highest BCUT2D eigenvalue weighted by Crippen LogP contribution is 2.43. The third-order valence-electron chi connectivity index (χ3n) is 4.26. The molecule has 0 aliphatic heterocycles. The lowest BCUT2D eigenvalue weighted by atomic mass is 9.95. The molecule has 0 bridgehead atoms. The predicted octanol–water partition coefficient (Wildman–Crippen LogP) is 3.77. The summed E-state index contributed by atoms with van der Waals surface area (Å²) in [5.74, 6) is 0.272. The molecule has 0 amide bonds. The first-order valence-corrected chi connectivity index (χ1v) is 7.71. The van der Waals surface area contributed by atoms with Crippen molar-refractivity contribution in [2.45, 2.75) is 13.8 Å². The Morgan fingerprint density at radius 1 is 1.17 bits per heavy atom. The molecular formula is C19H14ClN4+. The van der Waals surface area contributed by atoms with E-state index < -0.39 is 0 Å². The molecule has 0 radical (unpaired) electrons. The number of benzene rings is 1. The van der Waals surface area contributed by atoms with Crippen molar-refractivity contribution in [2.75, 3.05) is 5.73 Å². The number of hydrogen-bond donors (Lipinski definition) is 1. The van der Waals surface area contributed by atoms with Gasteiger partial charge in [-0.05, 0) is 48.3 Å². The highest BCUT2D eigenvalue weighted by molar-refractivity contribution is 6.32. The number of H-pyrrole nitrogens is 1. The molecule has 5 heteroatoms. The van der Waals surface area contributed by atoms with Crippen LogP contribution in [0, 0.1) is 29.6 Å². The first-order chi connectivity index (χ1) is 11.5. The molecule has 1 aliphatic carbocycles. The molecule has 0 atom stereocenters. The molecular weight excluding hydrogens is 320 g/mol. The number of nitrogens with two attached hydrogens (primary N) is 1. The molecule has 0 saturated carbocycles. The van der Waals surface area contributed by atoms with Crippen molar-refractivity contribution in [1.29, 1.82) is 10.5 Å². The normalized spacial score (nSPS) is 14.5. The van der Waals surface area contributed by atoms with Gasteiger partial charge in [-0.25, -0.2) is 4.98 Å². The van der Waals surface area contributed by atoms with E-state index >= 15 is 0 Å². The Morgan fingerprint density at radius 3 is 2.50 bits per heavy atom. The van der Waals surface area contributed by atoms with Crippen LogP contribution in [0.4, 0.5) is 5.82 Å². The number of allylic oxidation sites excluding steroid dienone is 3. The summed E-state index contributed by atoms with van der Waals surface area (Å²) in [5.41, 5.74) is 11.7. The minimum Gasteiger partial charge on any atom is -0.286 e. The number of halogens is 1. The number of nitrogens with zero attached hydrogens (tertiary/aromatic N) is 2. The fourth-order valence-corrected chi connectivity index (χ4v) is 3.21. The van der Waals surface area contributed by atoms with Gasteiger partial charge >= 0.3 is 0 Å². The van der Waals surface area contributed by atoms with Gasteiger partial charge in [-0.3, -0.25) is 5.73 Å². The molecule has 0 fully saturated rings. The quantitative estimate of drug-likeness (QED) is 0.861. The number of nitriles is 2. The Balaban J connectivity index is 2.36. The van der Waals surface area contributed by atoms with Gasteiger partial charge in [0, 0.05) is 10.6 Å². The predicted molar refractivity (Wildman–Crippen MR) is 94.4 cm³/mol. The fourth-order valence-electron chi connectivity index (χ4n) is 3.02. The third kappa shape index (κ3) is 2.25. The van der Waals surface area contributed by atoms with Crippen LogP contribution in [0.2, 0.25) is 5.02 Å². The number of rotatable bonds is 1. The summed E-state index contributed by atoms with van der Waals surface area (Å²) < 4.78 is 0. The molecule has 0 unspecified atom stereocenters. The smallest absolute Gasteiger partial charge is 0.286 e. The summed E-state index contributed by atoms with van der Waals surface area (Å²) in [5, 5.41) is 19.5. The maximum absolute atomic E-state index is 9.54. The van der Waals surface area contributed by atoms with Crippen LogP contribution < -0.4 is 10.7 Å². The Labute approximate surface area is 145 Å². The molecule has 0 spiro atoms. The molecule has 4 nitrogen and oxygen atoms in total. The van der Waals surface area contributed by atoms with E-state index in [1.807, 2.05) is 44.2 Å². The maximum atomic E-state index is 9.54. The van der Waals surface area contributed by atoms with Gasteiger partial charge in [0.15, 0.2) is 5.69 Å². The average Bonchev–Trinajstić information content (AvgIpc) is 2.81. The lowest BCUT2D eigenvalue weighted by Crippen LogP contribution is -2.20. The van der Waals surface area contributed by atoms with E-state index in [1.165, 1.54) is 0 Å². The minimum absolute atomic E-state index is 0.272. The summed E-state index contributed by atoms with van der Waals surface area (Å²) >= 11 is 6.27. The first-order valence-electron chi connectivity index (χ1n) is 7.33. The summed E-state index contributed by atoms with van der Waals surface area (Å²) in [7, 11) is 0. The van der Waals surface area contributed by atoms with Gasteiger partial charge in [-0.2, -0.15) is 10.5 Å². The highest BCUT2D eigenvalue weighted by atomic mass is 35.5. The zero-order chi connectivity index (χ0) is 17.4. The van der Waals surface area contributed by atoms with Crippen LogP contribution in [0.25, 0.3) is 17.2 Å². The number of nitrogen functional groups attached to an aromatic ring is 1. The van der Waals surface area contributed by atoms with Gasteiger partial charge in [0.2, 0.25) is 0 Å². The van der Waals surface area contributed by atoms with E-state index in [1.54, 1.807) is 0 Å². The summed E-state index contributed by atoms with van der Waals surface area (Å²) in [6.07, 6.45) is 1.94. The lowest BCUT2D eigenvalue weighted by Gasteiger charge is -2.09. The van der Waals surface area contributed by atoms with E-state index in [0.29, 0.717) is 21.9 Å². The summed E-state index contributed by atoms with van der Waals surface area (Å²) in [6.45, 7) is 3.73. The van der Waals surface area contributed by atoms with Gasteiger partial charge < -0.3 is 0 Å². The molecule has 24 heavy (non-hydrogen) atoms. The number of hydrogen-bond acceptors (Lipinski definition) is 3. The monoisotopic (exact) mass is 333 g/mol. The van der Waals surface area contributed by atoms with Crippen molar-refractivity contribution < 1.29 is 4.98 Å². The molecule has 1 aromatic carbocycles. The Kier molecular flexibility index (Phi) is 3.85. The van der Waals surface area contributed by atoms with E-state index in [9.17, 15) is 10.5 Å². The van der Waals surface area contributed by atoms with Gasteiger partial charge in [-0.15, -0.1) is 0 Å². The Bertz CT molecular complexity index is 1020. The minimum atomic E-state index is 0.272.